The number of halogens is 1. The number of aromatic nitrogens is 1. The molecule has 0 aliphatic carbocycles. The van der Waals surface area contributed by atoms with Gasteiger partial charge in [-0.3, -0.25) is 0 Å². The monoisotopic (exact) mass is 366 g/mol. The molecule has 0 saturated carbocycles. The van der Waals surface area contributed by atoms with Crippen LogP contribution in [0.15, 0.2) is 25.6 Å². The summed E-state index contributed by atoms with van der Waals surface area (Å²) < 4.78 is 27.1. The van der Waals surface area contributed by atoms with Crippen LogP contribution in [0.25, 0.3) is 0 Å². The zero-order valence-corrected chi connectivity index (χ0v) is 13.8. The maximum Gasteiger partial charge on any atom is 0.254 e. The Labute approximate surface area is 122 Å². The standard InChI is InChI=1S/C10H11BrN2O2S3/c1-7-12-4-10(17-7)18(14,15)13(2)5-8-3-9(11)16-6-8/h3-4,6H,5H2,1-2H3. The van der Waals surface area contributed by atoms with E-state index < -0.39 is 10.0 Å². The van der Waals surface area contributed by atoms with E-state index in [1.807, 2.05) is 11.4 Å². The van der Waals surface area contributed by atoms with E-state index in [0.29, 0.717) is 6.54 Å². The molecule has 0 N–H and O–H groups in total. The van der Waals surface area contributed by atoms with Gasteiger partial charge in [-0.25, -0.2) is 13.4 Å². The van der Waals surface area contributed by atoms with Gasteiger partial charge in [0, 0.05) is 13.6 Å². The molecule has 18 heavy (non-hydrogen) atoms. The van der Waals surface area contributed by atoms with Crippen molar-refractivity contribution in [3.8, 4) is 0 Å². The molecule has 0 spiro atoms. The summed E-state index contributed by atoms with van der Waals surface area (Å²) in [4.78, 5) is 3.98. The third kappa shape index (κ3) is 3.00. The van der Waals surface area contributed by atoms with Crippen molar-refractivity contribution in [1.29, 1.82) is 0 Å². The van der Waals surface area contributed by atoms with Crippen molar-refractivity contribution in [1.82, 2.24) is 9.29 Å². The van der Waals surface area contributed by atoms with Crippen molar-refractivity contribution in [3.05, 3.63) is 32.0 Å². The third-order valence-electron chi connectivity index (χ3n) is 2.29. The maximum absolute atomic E-state index is 12.2. The van der Waals surface area contributed by atoms with Crippen molar-refractivity contribution in [2.45, 2.75) is 17.7 Å². The van der Waals surface area contributed by atoms with Crippen LogP contribution in [0.4, 0.5) is 0 Å². The maximum atomic E-state index is 12.2. The molecule has 98 valence electrons. The molecule has 2 heterocycles. The Kier molecular flexibility index (Phi) is 4.22. The Morgan fingerprint density at radius 1 is 1.50 bits per heavy atom. The Balaban J connectivity index is 2.20. The summed E-state index contributed by atoms with van der Waals surface area (Å²) in [5, 5.41) is 2.69. The largest absolute Gasteiger partial charge is 0.254 e. The highest BCUT2D eigenvalue weighted by Gasteiger charge is 2.23. The predicted molar refractivity (Wildman–Crippen MR) is 77.5 cm³/mol. The van der Waals surface area contributed by atoms with Crippen molar-refractivity contribution in [3.63, 3.8) is 0 Å². The highest BCUT2D eigenvalue weighted by molar-refractivity contribution is 9.11. The number of hydrogen-bond donors (Lipinski definition) is 0. The second-order valence-corrected chi connectivity index (χ2v) is 9.52. The molecule has 0 aliphatic heterocycles. The molecule has 0 unspecified atom stereocenters. The van der Waals surface area contributed by atoms with Gasteiger partial charge in [-0.05, 0) is 39.9 Å². The summed E-state index contributed by atoms with van der Waals surface area (Å²) in [5.74, 6) is 0. The third-order valence-corrected chi connectivity index (χ3v) is 7.00. The average molecular weight is 367 g/mol. The number of nitrogens with zero attached hydrogens (tertiary/aromatic N) is 2. The molecule has 0 aromatic carbocycles. The van der Waals surface area contributed by atoms with Gasteiger partial charge in [0.1, 0.15) is 0 Å². The van der Waals surface area contributed by atoms with Crippen molar-refractivity contribution in [2.75, 3.05) is 7.05 Å². The lowest BCUT2D eigenvalue weighted by molar-refractivity contribution is 0.469. The first-order valence-electron chi connectivity index (χ1n) is 5.01. The lowest BCUT2D eigenvalue weighted by Crippen LogP contribution is -2.25. The molecule has 0 saturated heterocycles. The van der Waals surface area contributed by atoms with E-state index in [2.05, 4.69) is 20.9 Å². The van der Waals surface area contributed by atoms with Crippen LogP contribution in [0.5, 0.6) is 0 Å². The second-order valence-electron chi connectivity index (χ2n) is 3.72. The fourth-order valence-electron chi connectivity index (χ4n) is 1.39. The first-order chi connectivity index (χ1) is 8.39. The number of sulfonamides is 1. The van der Waals surface area contributed by atoms with Crippen LogP contribution in [0, 0.1) is 6.92 Å². The van der Waals surface area contributed by atoms with E-state index in [9.17, 15) is 8.42 Å². The first kappa shape index (κ1) is 14.1. The molecular weight excluding hydrogens is 356 g/mol. The number of thiazole rings is 1. The molecule has 8 heteroatoms. The summed E-state index contributed by atoms with van der Waals surface area (Å²) in [6, 6.07) is 1.93. The molecule has 0 atom stereocenters. The van der Waals surface area contributed by atoms with Gasteiger partial charge in [-0.1, -0.05) is 0 Å². The SMILES string of the molecule is Cc1ncc(S(=O)(=O)N(C)Cc2csc(Br)c2)s1. The van der Waals surface area contributed by atoms with Crippen LogP contribution >= 0.6 is 38.6 Å². The fourth-order valence-corrected chi connectivity index (χ4v) is 5.06. The van der Waals surface area contributed by atoms with E-state index >= 15 is 0 Å². The normalized spacial score (nSPS) is 12.2. The van der Waals surface area contributed by atoms with Gasteiger partial charge in [0.25, 0.3) is 10.0 Å². The van der Waals surface area contributed by atoms with Gasteiger partial charge in [-0.2, -0.15) is 4.31 Å². The molecule has 0 fully saturated rings. The fraction of sp³-hybridized carbons (Fsp3) is 0.300. The molecule has 0 amide bonds. The Morgan fingerprint density at radius 2 is 2.22 bits per heavy atom. The molecule has 2 rings (SSSR count). The van der Waals surface area contributed by atoms with Crippen LogP contribution in [0.2, 0.25) is 0 Å². The van der Waals surface area contributed by atoms with Crippen LogP contribution in [-0.4, -0.2) is 24.8 Å². The highest BCUT2D eigenvalue weighted by atomic mass is 79.9. The zero-order chi connectivity index (χ0) is 13.3. The predicted octanol–water partition coefficient (Wildman–Crippen LogP) is 3.10. The van der Waals surface area contributed by atoms with E-state index in [0.717, 1.165) is 14.4 Å². The van der Waals surface area contributed by atoms with Gasteiger partial charge in [0.05, 0.1) is 15.0 Å². The van der Waals surface area contributed by atoms with Gasteiger partial charge in [0.15, 0.2) is 4.21 Å². The van der Waals surface area contributed by atoms with E-state index in [-0.39, 0.29) is 4.21 Å². The Morgan fingerprint density at radius 3 is 2.72 bits per heavy atom. The highest BCUT2D eigenvalue weighted by Crippen LogP contribution is 2.25. The summed E-state index contributed by atoms with van der Waals surface area (Å²) in [6.45, 7) is 2.15. The van der Waals surface area contributed by atoms with Gasteiger partial charge < -0.3 is 0 Å². The smallest absolute Gasteiger partial charge is 0.249 e. The van der Waals surface area contributed by atoms with Crippen molar-refractivity contribution in [2.24, 2.45) is 0 Å². The average Bonchev–Trinajstić information content (AvgIpc) is 2.88. The van der Waals surface area contributed by atoms with E-state index in [1.54, 1.807) is 25.3 Å². The van der Waals surface area contributed by atoms with E-state index in [1.165, 1.54) is 21.8 Å². The Bertz CT molecular complexity index is 648. The van der Waals surface area contributed by atoms with Crippen molar-refractivity contribution >= 4 is 48.6 Å². The topological polar surface area (TPSA) is 50.3 Å². The molecule has 0 radical (unpaired) electrons. The molecule has 4 nitrogen and oxygen atoms in total. The number of rotatable bonds is 4. The zero-order valence-electron chi connectivity index (χ0n) is 9.75. The number of aryl methyl sites for hydroxylation is 1. The van der Waals surface area contributed by atoms with E-state index in [4.69, 9.17) is 0 Å². The summed E-state index contributed by atoms with van der Waals surface area (Å²) in [5.41, 5.74) is 0.971. The molecule has 0 bridgehead atoms. The molecule has 2 aromatic rings. The summed E-state index contributed by atoms with van der Waals surface area (Å²) in [7, 11) is -1.85. The summed E-state index contributed by atoms with van der Waals surface area (Å²) >= 11 is 6.10. The van der Waals surface area contributed by atoms with Crippen LogP contribution in [0.3, 0.4) is 0 Å². The van der Waals surface area contributed by atoms with Crippen LogP contribution < -0.4 is 0 Å². The summed E-state index contributed by atoms with van der Waals surface area (Å²) in [6.07, 6.45) is 1.41. The van der Waals surface area contributed by atoms with Gasteiger partial charge >= 0.3 is 0 Å². The molecule has 0 aliphatic rings. The van der Waals surface area contributed by atoms with Gasteiger partial charge in [-0.15, -0.1) is 22.7 Å². The minimum Gasteiger partial charge on any atom is -0.249 e. The molecular formula is C10H11BrN2O2S3. The first-order valence-corrected chi connectivity index (χ1v) is 8.94. The Hall–Kier alpha value is -0.280. The minimum atomic E-state index is -3.43. The van der Waals surface area contributed by atoms with Crippen LogP contribution in [-0.2, 0) is 16.6 Å². The van der Waals surface area contributed by atoms with Gasteiger partial charge in [0.2, 0.25) is 0 Å². The van der Waals surface area contributed by atoms with Crippen molar-refractivity contribution < 1.29 is 8.42 Å². The molecule has 2 aromatic heterocycles. The number of hydrogen-bond acceptors (Lipinski definition) is 5. The number of thiophene rings is 1. The second kappa shape index (κ2) is 5.38. The quantitative estimate of drug-likeness (QED) is 0.835. The lowest BCUT2D eigenvalue weighted by atomic mass is 10.3. The van der Waals surface area contributed by atoms with Crippen LogP contribution in [0.1, 0.15) is 10.6 Å². The minimum absolute atomic E-state index is 0.289. The lowest BCUT2D eigenvalue weighted by Gasteiger charge is -2.14.